The molecule has 0 aliphatic rings. The van der Waals surface area contributed by atoms with E-state index in [2.05, 4.69) is 13.8 Å². The van der Waals surface area contributed by atoms with Crippen LogP contribution in [0.5, 0.6) is 0 Å². The van der Waals surface area contributed by atoms with E-state index >= 15 is 0 Å². The Balaban J connectivity index is 2.28. The Morgan fingerprint density at radius 1 is 1.12 bits per heavy atom. The monoisotopic (exact) mass is 235 g/mol. The summed E-state index contributed by atoms with van der Waals surface area (Å²) in [5, 5.41) is 9.91. The minimum Gasteiger partial charge on any atom is -0.393 e. The van der Waals surface area contributed by atoms with Crippen LogP contribution in [0.4, 0.5) is 0 Å². The maximum Gasteiger partial charge on any atom is 0.0558 e. The zero-order chi connectivity index (χ0) is 12.7. The lowest BCUT2D eigenvalue weighted by atomic mass is 9.97. The number of aliphatic hydroxyl groups is 1. The fourth-order valence-corrected chi connectivity index (χ4v) is 2.01. The molecule has 0 fully saturated rings. The van der Waals surface area contributed by atoms with Crippen molar-refractivity contribution >= 4 is 0 Å². The molecule has 17 heavy (non-hydrogen) atoms. The number of hydrogen-bond acceptors (Lipinski definition) is 2. The third-order valence-corrected chi connectivity index (χ3v) is 3.07. The molecule has 0 aliphatic heterocycles. The molecule has 0 aliphatic carbocycles. The minimum absolute atomic E-state index is 0.0507. The SMILES string of the molecule is CC(C)CCCC(O)CC(N)c1ccccc1. The first-order valence-electron chi connectivity index (χ1n) is 6.58. The predicted octanol–water partition coefficient (Wildman–Crippen LogP) is 3.26. The quantitative estimate of drug-likeness (QED) is 0.762. The van der Waals surface area contributed by atoms with Crippen molar-refractivity contribution in [3.8, 4) is 0 Å². The van der Waals surface area contributed by atoms with Gasteiger partial charge in [0.1, 0.15) is 0 Å². The molecular weight excluding hydrogens is 210 g/mol. The van der Waals surface area contributed by atoms with E-state index in [1.165, 1.54) is 6.42 Å². The van der Waals surface area contributed by atoms with Crippen LogP contribution in [0.2, 0.25) is 0 Å². The largest absolute Gasteiger partial charge is 0.393 e. The lowest BCUT2D eigenvalue weighted by Crippen LogP contribution is -2.18. The third kappa shape index (κ3) is 5.85. The first-order valence-corrected chi connectivity index (χ1v) is 6.58. The van der Waals surface area contributed by atoms with Crippen LogP contribution in [0.1, 0.15) is 51.1 Å². The highest BCUT2D eigenvalue weighted by Crippen LogP contribution is 2.18. The smallest absolute Gasteiger partial charge is 0.0558 e. The number of rotatable bonds is 7. The van der Waals surface area contributed by atoms with Crippen molar-refractivity contribution < 1.29 is 5.11 Å². The van der Waals surface area contributed by atoms with Crippen molar-refractivity contribution in [2.24, 2.45) is 11.7 Å². The van der Waals surface area contributed by atoms with Crippen LogP contribution in [0.3, 0.4) is 0 Å². The van der Waals surface area contributed by atoms with Gasteiger partial charge in [-0.15, -0.1) is 0 Å². The zero-order valence-electron chi connectivity index (χ0n) is 11.0. The van der Waals surface area contributed by atoms with Gasteiger partial charge in [-0.05, 0) is 24.3 Å². The van der Waals surface area contributed by atoms with Gasteiger partial charge in [-0.3, -0.25) is 0 Å². The Bertz CT molecular complexity index is 297. The van der Waals surface area contributed by atoms with Crippen molar-refractivity contribution in [3.63, 3.8) is 0 Å². The maximum absolute atomic E-state index is 9.91. The van der Waals surface area contributed by atoms with E-state index in [1.54, 1.807) is 0 Å². The van der Waals surface area contributed by atoms with Crippen molar-refractivity contribution in [2.75, 3.05) is 0 Å². The third-order valence-electron chi connectivity index (χ3n) is 3.07. The molecule has 96 valence electrons. The van der Waals surface area contributed by atoms with Crippen molar-refractivity contribution in [2.45, 2.75) is 51.7 Å². The normalized spacial score (nSPS) is 14.9. The highest BCUT2D eigenvalue weighted by molar-refractivity contribution is 5.18. The van der Waals surface area contributed by atoms with Gasteiger partial charge in [0.25, 0.3) is 0 Å². The fourth-order valence-electron chi connectivity index (χ4n) is 2.01. The first kappa shape index (κ1) is 14.2. The number of benzene rings is 1. The molecule has 0 saturated heterocycles. The highest BCUT2D eigenvalue weighted by atomic mass is 16.3. The average Bonchev–Trinajstić information content (AvgIpc) is 2.29. The van der Waals surface area contributed by atoms with Gasteiger partial charge in [-0.1, -0.05) is 57.0 Å². The predicted molar refractivity (Wildman–Crippen MR) is 72.7 cm³/mol. The van der Waals surface area contributed by atoms with Crippen LogP contribution in [0.25, 0.3) is 0 Å². The van der Waals surface area contributed by atoms with E-state index in [1.807, 2.05) is 30.3 Å². The number of aliphatic hydroxyl groups excluding tert-OH is 1. The van der Waals surface area contributed by atoms with Gasteiger partial charge in [-0.25, -0.2) is 0 Å². The molecule has 1 aromatic rings. The van der Waals surface area contributed by atoms with Gasteiger partial charge in [0.15, 0.2) is 0 Å². The molecule has 2 unspecified atom stereocenters. The van der Waals surface area contributed by atoms with Crippen LogP contribution in [-0.2, 0) is 0 Å². The molecule has 2 atom stereocenters. The summed E-state index contributed by atoms with van der Waals surface area (Å²) in [6, 6.07) is 9.94. The van der Waals surface area contributed by atoms with Gasteiger partial charge in [-0.2, -0.15) is 0 Å². The van der Waals surface area contributed by atoms with Crippen LogP contribution >= 0.6 is 0 Å². The van der Waals surface area contributed by atoms with Crippen LogP contribution in [-0.4, -0.2) is 11.2 Å². The van der Waals surface area contributed by atoms with Crippen molar-refractivity contribution in [1.82, 2.24) is 0 Å². The second-order valence-corrected chi connectivity index (χ2v) is 5.23. The van der Waals surface area contributed by atoms with Gasteiger partial charge in [0.2, 0.25) is 0 Å². The topological polar surface area (TPSA) is 46.2 Å². The lowest BCUT2D eigenvalue weighted by molar-refractivity contribution is 0.141. The van der Waals surface area contributed by atoms with E-state index < -0.39 is 0 Å². The summed E-state index contributed by atoms with van der Waals surface area (Å²) in [7, 11) is 0. The second-order valence-electron chi connectivity index (χ2n) is 5.23. The molecule has 2 heteroatoms. The van der Waals surface area contributed by atoms with Gasteiger partial charge in [0.05, 0.1) is 6.10 Å². The van der Waals surface area contributed by atoms with E-state index in [0.717, 1.165) is 18.4 Å². The first-order chi connectivity index (χ1) is 8.09. The summed E-state index contributed by atoms with van der Waals surface area (Å²) in [5.41, 5.74) is 7.17. The standard InChI is InChI=1S/C15H25NO/c1-12(2)7-6-10-14(17)11-15(16)13-8-4-3-5-9-13/h3-5,8-9,12,14-15,17H,6-7,10-11,16H2,1-2H3. The molecule has 0 saturated carbocycles. The Morgan fingerprint density at radius 2 is 1.76 bits per heavy atom. The van der Waals surface area contributed by atoms with Gasteiger partial charge < -0.3 is 10.8 Å². The molecular formula is C15H25NO. The van der Waals surface area contributed by atoms with Crippen LogP contribution in [0, 0.1) is 5.92 Å². The van der Waals surface area contributed by atoms with Crippen LogP contribution < -0.4 is 5.73 Å². The Kier molecular flexibility index (Phi) is 6.23. The van der Waals surface area contributed by atoms with E-state index in [9.17, 15) is 5.11 Å². The molecule has 0 radical (unpaired) electrons. The molecule has 1 rings (SSSR count). The van der Waals surface area contributed by atoms with E-state index in [-0.39, 0.29) is 12.1 Å². The summed E-state index contributed by atoms with van der Waals surface area (Å²) >= 11 is 0. The fraction of sp³-hybridized carbons (Fsp3) is 0.600. The Hall–Kier alpha value is -0.860. The molecule has 0 bridgehead atoms. The minimum atomic E-state index is -0.274. The summed E-state index contributed by atoms with van der Waals surface area (Å²) < 4.78 is 0. The van der Waals surface area contributed by atoms with E-state index in [0.29, 0.717) is 12.3 Å². The highest BCUT2D eigenvalue weighted by Gasteiger charge is 2.12. The summed E-state index contributed by atoms with van der Waals surface area (Å²) in [5.74, 6) is 0.713. The zero-order valence-corrected chi connectivity index (χ0v) is 11.0. The molecule has 0 heterocycles. The maximum atomic E-state index is 9.91. The molecule has 0 amide bonds. The molecule has 1 aromatic carbocycles. The van der Waals surface area contributed by atoms with Gasteiger partial charge in [0, 0.05) is 6.04 Å². The van der Waals surface area contributed by atoms with Gasteiger partial charge >= 0.3 is 0 Å². The summed E-state index contributed by atoms with van der Waals surface area (Å²) in [4.78, 5) is 0. The molecule has 0 spiro atoms. The average molecular weight is 235 g/mol. The summed E-state index contributed by atoms with van der Waals surface area (Å²) in [6.07, 6.45) is 3.50. The Labute approximate surface area is 105 Å². The van der Waals surface area contributed by atoms with Crippen LogP contribution in [0.15, 0.2) is 30.3 Å². The Morgan fingerprint density at radius 3 is 2.35 bits per heavy atom. The van der Waals surface area contributed by atoms with Crippen molar-refractivity contribution in [1.29, 1.82) is 0 Å². The molecule has 2 nitrogen and oxygen atoms in total. The van der Waals surface area contributed by atoms with E-state index in [4.69, 9.17) is 5.73 Å². The second kappa shape index (κ2) is 7.46. The van der Waals surface area contributed by atoms with Crippen molar-refractivity contribution in [3.05, 3.63) is 35.9 Å². The molecule has 3 N–H and O–H groups in total. The number of hydrogen-bond donors (Lipinski definition) is 2. The summed E-state index contributed by atoms with van der Waals surface area (Å²) in [6.45, 7) is 4.42. The lowest BCUT2D eigenvalue weighted by Gasteiger charge is -2.17. The number of nitrogens with two attached hydrogens (primary N) is 1. The molecule has 0 aromatic heterocycles.